The van der Waals surface area contributed by atoms with Crippen molar-refractivity contribution in [1.82, 2.24) is 5.16 Å². The first-order chi connectivity index (χ1) is 9.49. The molecule has 0 unspecified atom stereocenters. The van der Waals surface area contributed by atoms with Crippen molar-refractivity contribution in [2.45, 2.75) is 20.8 Å². The first-order valence-electron chi connectivity index (χ1n) is 6.10. The summed E-state index contributed by atoms with van der Waals surface area (Å²) in [4.78, 5) is 10.4. The second kappa shape index (κ2) is 5.56. The average molecular weight is 273 g/mol. The number of nitrogens with one attached hydrogen (secondary N) is 1. The molecule has 1 heterocycles. The second-order valence-corrected chi connectivity index (χ2v) is 4.51. The number of hydrogen-bond acceptors (Lipinski definition) is 5. The summed E-state index contributed by atoms with van der Waals surface area (Å²) in [6.07, 6.45) is 3.09. The van der Waals surface area contributed by atoms with Crippen LogP contribution in [0.1, 0.15) is 22.6 Å². The molecule has 0 aliphatic rings. The first-order valence-corrected chi connectivity index (χ1v) is 6.10. The Bertz CT molecular complexity index is 674. The lowest BCUT2D eigenvalue weighted by Gasteiger charge is -2.04. The van der Waals surface area contributed by atoms with Gasteiger partial charge in [-0.1, -0.05) is 11.2 Å². The summed E-state index contributed by atoms with van der Waals surface area (Å²) in [5, 5.41) is 17.5. The first kappa shape index (κ1) is 13.8. The second-order valence-electron chi connectivity index (χ2n) is 4.51. The SMILES string of the molecule is Cc1ccc(NC=Cc2onc(C)c2[N+](=O)[O-])cc1C. The monoisotopic (exact) mass is 273 g/mol. The largest absolute Gasteiger partial charge is 0.362 e. The lowest BCUT2D eigenvalue weighted by atomic mass is 10.1. The Morgan fingerprint density at radius 1 is 1.30 bits per heavy atom. The van der Waals surface area contributed by atoms with Crippen LogP contribution in [0.15, 0.2) is 28.9 Å². The zero-order valence-electron chi connectivity index (χ0n) is 11.5. The van der Waals surface area contributed by atoms with Gasteiger partial charge in [0.05, 0.1) is 4.92 Å². The van der Waals surface area contributed by atoms with Crippen molar-refractivity contribution in [3.05, 3.63) is 57.1 Å². The highest BCUT2D eigenvalue weighted by molar-refractivity contribution is 5.60. The van der Waals surface area contributed by atoms with Crippen molar-refractivity contribution in [2.24, 2.45) is 0 Å². The van der Waals surface area contributed by atoms with Crippen LogP contribution in [0.3, 0.4) is 0 Å². The van der Waals surface area contributed by atoms with Gasteiger partial charge in [-0.3, -0.25) is 10.1 Å². The molecule has 0 bridgehead atoms. The van der Waals surface area contributed by atoms with Crippen LogP contribution in [0, 0.1) is 30.9 Å². The number of nitrogens with zero attached hydrogens (tertiary/aromatic N) is 2. The standard InChI is InChI=1S/C14H15N3O3/c1-9-4-5-12(8-10(9)2)15-7-6-13-14(17(18)19)11(3)16-20-13/h4-8,15H,1-3H3. The van der Waals surface area contributed by atoms with Crippen LogP contribution >= 0.6 is 0 Å². The molecule has 1 N–H and O–H groups in total. The van der Waals surface area contributed by atoms with E-state index in [9.17, 15) is 10.1 Å². The molecule has 2 rings (SSSR count). The molecular formula is C14H15N3O3. The fourth-order valence-electron chi connectivity index (χ4n) is 1.76. The minimum absolute atomic E-state index is 0.108. The Morgan fingerprint density at radius 3 is 2.70 bits per heavy atom. The fourth-order valence-corrected chi connectivity index (χ4v) is 1.76. The Morgan fingerprint density at radius 2 is 2.05 bits per heavy atom. The van der Waals surface area contributed by atoms with Crippen LogP contribution in [0.2, 0.25) is 0 Å². The van der Waals surface area contributed by atoms with Gasteiger partial charge in [-0.05, 0) is 44.0 Å². The van der Waals surface area contributed by atoms with Gasteiger partial charge in [0.2, 0.25) is 5.76 Å². The van der Waals surface area contributed by atoms with Gasteiger partial charge in [0.15, 0.2) is 5.69 Å². The Hall–Kier alpha value is -2.63. The van der Waals surface area contributed by atoms with Crippen LogP contribution in [0.5, 0.6) is 0 Å². The molecule has 0 saturated heterocycles. The maximum absolute atomic E-state index is 10.9. The average Bonchev–Trinajstić information content (AvgIpc) is 2.75. The molecule has 0 spiro atoms. The summed E-state index contributed by atoms with van der Waals surface area (Å²) in [6, 6.07) is 5.94. The Labute approximate surface area is 116 Å². The minimum atomic E-state index is -0.498. The van der Waals surface area contributed by atoms with Gasteiger partial charge < -0.3 is 9.84 Å². The quantitative estimate of drug-likeness (QED) is 0.680. The van der Waals surface area contributed by atoms with Gasteiger partial charge in [0.25, 0.3) is 0 Å². The number of rotatable bonds is 4. The van der Waals surface area contributed by atoms with Crippen molar-refractivity contribution in [1.29, 1.82) is 0 Å². The summed E-state index contributed by atoms with van der Waals surface area (Å²) >= 11 is 0. The molecule has 0 amide bonds. The molecule has 0 fully saturated rings. The number of aromatic nitrogens is 1. The van der Waals surface area contributed by atoms with Crippen LogP contribution < -0.4 is 5.32 Å². The highest BCUT2D eigenvalue weighted by Gasteiger charge is 2.21. The molecule has 0 aliphatic heterocycles. The van der Waals surface area contributed by atoms with Gasteiger partial charge in [0, 0.05) is 18.0 Å². The van der Waals surface area contributed by atoms with E-state index in [0.29, 0.717) is 0 Å². The third-order valence-corrected chi connectivity index (χ3v) is 3.03. The number of aryl methyl sites for hydroxylation is 3. The third kappa shape index (κ3) is 2.85. The number of nitro groups is 1. The Kier molecular flexibility index (Phi) is 3.84. The molecule has 20 heavy (non-hydrogen) atoms. The van der Waals surface area contributed by atoms with E-state index in [4.69, 9.17) is 4.52 Å². The number of hydrogen-bond donors (Lipinski definition) is 1. The van der Waals surface area contributed by atoms with E-state index in [1.54, 1.807) is 6.20 Å². The zero-order valence-corrected chi connectivity index (χ0v) is 11.5. The van der Waals surface area contributed by atoms with E-state index in [0.717, 1.165) is 5.69 Å². The van der Waals surface area contributed by atoms with Gasteiger partial charge in [0.1, 0.15) is 0 Å². The number of benzene rings is 1. The summed E-state index contributed by atoms with van der Waals surface area (Å²) in [7, 11) is 0. The highest BCUT2D eigenvalue weighted by atomic mass is 16.6. The molecule has 1 aromatic carbocycles. The van der Waals surface area contributed by atoms with Crippen LogP contribution in [-0.4, -0.2) is 10.1 Å². The zero-order chi connectivity index (χ0) is 14.7. The lowest BCUT2D eigenvalue weighted by molar-refractivity contribution is -0.386. The predicted molar refractivity (Wildman–Crippen MR) is 76.5 cm³/mol. The van der Waals surface area contributed by atoms with E-state index in [1.165, 1.54) is 24.1 Å². The van der Waals surface area contributed by atoms with E-state index in [-0.39, 0.29) is 17.1 Å². The van der Waals surface area contributed by atoms with Gasteiger partial charge in [-0.2, -0.15) is 0 Å². The lowest BCUT2D eigenvalue weighted by Crippen LogP contribution is -1.92. The molecule has 0 aliphatic carbocycles. The van der Waals surface area contributed by atoms with Gasteiger partial charge in [-0.15, -0.1) is 0 Å². The fraction of sp³-hybridized carbons (Fsp3) is 0.214. The van der Waals surface area contributed by atoms with Gasteiger partial charge in [-0.25, -0.2) is 0 Å². The molecular weight excluding hydrogens is 258 g/mol. The smallest absolute Gasteiger partial charge is 0.338 e. The molecule has 2 aromatic rings. The third-order valence-electron chi connectivity index (χ3n) is 3.03. The Balaban J connectivity index is 2.14. The maximum Gasteiger partial charge on any atom is 0.338 e. The van der Waals surface area contributed by atoms with E-state index in [2.05, 4.69) is 10.5 Å². The molecule has 0 saturated carbocycles. The minimum Gasteiger partial charge on any atom is -0.362 e. The summed E-state index contributed by atoms with van der Waals surface area (Å²) in [5.41, 5.74) is 3.44. The van der Waals surface area contributed by atoms with E-state index in [1.807, 2.05) is 32.0 Å². The number of anilines is 1. The van der Waals surface area contributed by atoms with Crippen molar-refractivity contribution in [2.75, 3.05) is 5.32 Å². The van der Waals surface area contributed by atoms with Gasteiger partial charge >= 0.3 is 5.69 Å². The summed E-state index contributed by atoms with van der Waals surface area (Å²) in [5.74, 6) is 0.129. The molecule has 0 radical (unpaired) electrons. The van der Waals surface area contributed by atoms with Crippen molar-refractivity contribution in [3.63, 3.8) is 0 Å². The topological polar surface area (TPSA) is 81.2 Å². The van der Waals surface area contributed by atoms with Crippen LogP contribution in [0.25, 0.3) is 6.08 Å². The predicted octanol–water partition coefficient (Wildman–Crippen LogP) is 3.59. The molecule has 6 nitrogen and oxygen atoms in total. The van der Waals surface area contributed by atoms with E-state index >= 15 is 0 Å². The molecule has 1 aromatic heterocycles. The van der Waals surface area contributed by atoms with Crippen LogP contribution in [-0.2, 0) is 0 Å². The van der Waals surface area contributed by atoms with Crippen molar-refractivity contribution >= 4 is 17.5 Å². The van der Waals surface area contributed by atoms with Crippen molar-refractivity contribution in [3.8, 4) is 0 Å². The maximum atomic E-state index is 10.9. The van der Waals surface area contributed by atoms with E-state index < -0.39 is 4.92 Å². The molecule has 104 valence electrons. The van der Waals surface area contributed by atoms with Crippen LogP contribution in [0.4, 0.5) is 11.4 Å². The molecule has 0 atom stereocenters. The highest BCUT2D eigenvalue weighted by Crippen LogP contribution is 2.23. The molecule has 6 heteroatoms. The summed E-state index contributed by atoms with van der Waals surface area (Å²) in [6.45, 7) is 5.60. The summed E-state index contributed by atoms with van der Waals surface area (Å²) < 4.78 is 4.92. The normalized spacial score (nSPS) is 10.9. The van der Waals surface area contributed by atoms with Crippen molar-refractivity contribution < 1.29 is 9.45 Å².